The lowest BCUT2D eigenvalue weighted by molar-refractivity contribution is 0.0982. The van der Waals surface area contributed by atoms with Gasteiger partial charge in [0, 0.05) is 10.5 Å². The highest BCUT2D eigenvalue weighted by Crippen LogP contribution is 2.24. The number of thioether (sulfide) groups is 2. The number of ketones is 1. The van der Waals surface area contributed by atoms with Crippen LogP contribution in [0.2, 0.25) is 0 Å². The predicted octanol–water partition coefficient (Wildman–Crippen LogP) is 4.22. The Labute approximate surface area is 117 Å². The van der Waals surface area contributed by atoms with E-state index in [4.69, 9.17) is 5.26 Å². The van der Waals surface area contributed by atoms with E-state index in [-0.39, 0.29) is 11.0 Å². The SMILES string of the molecule is CSc1ccc(C(=O)C(CC(C)C)SC#N)cc1. The van der Waals surface area contributed by atoms with Gasteiger partial charge in [0.2, 0.25) is 0 Å². The minimum Gasteiger partial charge on any atom is -0.293 e. The van der Waals surface area contributed by atoms with Gasteiger partial charge >= 0.3 is 0 Å². The Morgan fingerprint density at radius 2 is 1.94 bits per heavy atom. The average Bonchev–Trinajstić information content (AvgIpc) is 2.37. The molecule has 0 saturated heterocycles. The number of rotatable bonds is 6. The van der Waals surface area contributed by atoms with Crippen molar-refractivity contribution in [3.05, 3.63) is 29.8 Å². The van der Waals surface area contributed by atoms with Gasteiger partial charge in [-0.3, -0.25) is 4.79 Å². The summed E-state index contributed by atoms with van der Waals surface area (Å²) in [5.74, 6) is 0.466. The smallest absolute Gasteiger partial charge is 0.176 e. The lowest BCUT2D eigenvalue weighted by Crippen LogP contribution is -2.19. The van der Waals surface area contributed by atoms with Crippen LogP contribution in [0.1, 0.15) is 30.6 Å². The van der Waals surface area contributed by atoms with Gasteiger partial charge in [0.05, 0.1) is 5.25 Å². The molecule has 1 aromatic rings. The van der Waals surface area contributed by atoms with Crippen molar-refractivity contribution in [3.8, 4) is 5.40 Å². The average molecular weight is 279 g/mol. The van der Waals surface area contributed by atoms with Crippen molar-refractivity contribution in [2.24, 2.45) is 5.92 Å². The van der Waals surface area contributed by atoms with E-state index < -0.39 is 0 Å². The number of benzene rings is 1. The summed E-state index contributed by atoms with van der Waals surface area (Å²) in [5.41, 5.74) is 0.696. The van der Waals surface area contributed by atoms with Gasteiger partial charge < -0.3 is 0 Å². The Balaban J connectivity index is 2.84. The highest BCUT2D eigenvalue weighted by Gasteiger charge is 2.21. The summed E-state index contributed by atoms with van der Waals surface area (Å²) < 4.78 is 0. The van der Waals surface area contributed by atoms with E-state index in [1.807, 2.05) is 35.9 Å². The number of carbonyl (C=O) groups excluding carboxylic acids is 1. The molecular formula is C14H17NOS2. The van der Waals surface area contributed by atoms with Crippen molar-refractivity contribution in [1.82, 2.24) is 0 Å². The number of Topliss-reactive ketones (excluding diaryl/α,β-unsaturated/α-hetero) is 1. The summed E-state index contributed by atoms with van der Waals surface area (Å²) in [5, 5.41) is 10.6. The molecule has 0 aliphatic rings. The number of hydrogen-bond acceptors (Lipinski definition) is 4. The number of carbonyl (C=O) groups is 1. The Morgan fingerprint density at radius 3 is 2.39 bits per heavy atom. The monoisotopic (exact) mass is 279 g/mol. The Hall–Kier alpha value is -0.920. The summed E-state index contributed by atoms with van der Waals surface area (Å²) in [6.45, 7) is 4.13. The maximum absolute atomic E-state index is 12.3. The molecule has 1 rings (SSSR count). The third kappa shape index (κ3) is 4.40. The number of nitriles is 1. The second-order valence-corrected chi connectivity index (χ2v) is 6.29. The number of nitrogens with zero attached hydrogens (tertiary/aromatic N) is 1. The Kier molecular flexibility index (Phi) is 6.31. The first kappa shape index (κ1) is 15.1. The largest absolute Gasteiger partial charge is 0.293 e. The van der Waals surface area contributed by atoms with Crippen LogP contribution in [0.5, 0.6) is 0 Å². The minimum atomic E-state index is -0.255. The standard InChI is InChI=1S/C14H17NOS2/c1-10(2)8-13(18-9-15)14(16)11-4-6-12(17-3)7-5-11/h4-7,10,13H,8H2,1-3H3. The van der Waals surface area contributed by atoms with Gasteiger partial charge in [-0.05, 0) is 42.5 Å². The molecule has 0 aromatic heterocycles. The predicted molar refractivity (Wildman–Crippen MR) is 79.0 cm³/mol. The first-order chi connectivity index (χ1) is 8.58. The molecule has 4 heteroatoms. The van der Waals surface area contributed by atoms with Crippen LogP contribution in [0.3, 0.4) is 0 Å². The summed E-state index contributed by atoms with van der Waals surface area (Å²) in [4.78, 5) is 13.4. The van der Waals surface area contributed by atoms with Crippen LogP contribution >= 0.6 is 23.5 Å². The van der Waals surface area contributed by atoms with Crippen LogP contribution in [0.4, 0.5) is 0 Å². The topological polar surface area (TPSA) is 40.9 Å². The first-order valence-electron chi connectivity index (χ1n) is 5.81. The Morgan fingerprint density at radius 1 is 1.33 bits per heavy atom. The van der Waals surface area contributed by atoms with Crippen LogP contribution in [-0.2, 0) is 0 Å². The van der Waals surface area contributed by atoms with Crippen molar-refractivity contribution in [2.75, 3.05) is 6.26 Å². The van der Waals surface area contributed by atoms with Gasteiger partial charge in [0.1, 0.15) is 5.40 Å². The molecule has 0 saturated carbocycles. The fourth-order valence-electron chi connectivity index (χ4n) is 1.64. The highest BCUT2D eigenvalue weighted by atomic mass is 32.2. The number of hydrogen-bond donors (Lipinski definition) is 0. The summed E-state index contributed by atoms with van der Waals surface area (Å²) in [7, 11) is 0. The van der Waals surface area contributed by atoms with Crippen LogP contribution in [0, 0.1) is 16.6 Å². The van der Waals surface area contributed by atoms with Crippen LogP contribution in [-0.4, -0.2) is 17.3 Å². The lowest BCUT2D eigenvalue weighted by atomic mass is 10.0. The molecule has 0 amide bonds. The maximum Gasteiger partial charge on any atom is 0.176 e. The van der Waals surface area contributed by atoms with Gasteiger partial charge in [-0.25, -0.2) is 0 Å². The van der Waals surface area contributed by atoms with Crippen molar-refractivity contribution in [2.45, 2.75) is 30.4 Å². The molecule has 0 bridgehead atoms. The summed E-state index contributed by atoms with van der Waals surface area (Å²) in [6.07, 6.45) is 2.74. The van der Waals surface area contributed by atoms with Crippen LogP contribution in [0.15, 0.2) is 29.2 Å². The highest BCUT2D eigenvalue weighted by molar-refractivity contribution is 8.05. The van der Waals surface area contributed by atoms with E-state index in [1.54, 1.807) is 11.8 Å². The third-order valence-electron chi connectivity index (χ3n) is 2.55. The fourth-order valence-corrected chi connectivity index (χ4v) is 2.90. The summed E-state index contributed by atoms with van der Waals surface area (Å²) >= 11 is 2.72. The molecule has 0 radical (unpaired) electrons. The van der Waals surface area contributed by atoms with E-state index in [1.165, 1.54) is 0 Å². The fraction of sp³-hybridized carbons (Fsp3) is 0.429. The molecule has 96 valence electrons. The third-order valence-corrected chi connectivity index (χ3v) is 4.09. The molecule has 0 fully saturated rings. The summed E-state index contributed by atoms with van der Waals surface area (Å²) in [6, 6.07) is 7.58. The quantitative estimate of drug-likeness (QED) is 0.444. The molecule has 18 heavy (non-hydrogen) atoms. The zero-order valence-corrected chi connectivity index (χ0v) is 12.5. The normalized spacial score (nSPS) is 12.2. The van der Waals surface area contributed by atoms with Crippen LogP contribution < -0.4 is 0 Å². The minimum absolute atomic E-state index is 0.0582. The zero-order valence-electron chi connectivity index (χ0n) is 10.8. The zero-order chi connectivity index (χ0) is 13.5. The molecule has 0 heterocycles. The van der Waals surface area contributed by atoms with Gasteiger partial charge in [-0.1, -0.05) is 26.0 Å². The van der Waals surface area contributed by atoms with Gasteiger partial charge in [0.15, 0.2) is 5.78 Å². The van der Waals surface area contributed by atoms with Crippen LogP contribution in [0.25, 0.3) is 0 Å². The van der Waals surface area contributed by atoms with Gasteiger partial charge in [-0.15, -0.1) is 11.8 Å². The van der Waals surface area contributed by atoms with E-state index in [0.717, 1.165) is 23.1 Å². The van der Waals surface area contributed by atoms with E-state index in [0.29, 0.717) is 11.5 Å². The molecular weight excluding hydrogens is 262 g/mol. The lowest BCUT2D eigenvalue weighted by Gasteiger charge is -2.14. The molecule has 0 N–H and O–H groups in total. The van der Waals surface area contributed by atoms with E-state index in [9.17, 15) is 4.79 Å². The second-order valence-electron chi connectivity index (χ2n) is 4.42. The number of thiocyanates is 1. The molecule has 0 spiro atoms. The molecule has 0 aliphatic heterocycles. The molecule has 1 aromatic carbocycles. The van der Waals surface area contributed by atoms with Crippen molar-refractivity contribution >= 4 is 29.3 Å². The Bertz CT molecular complexity index is 434. The van der Waals surface area contributed by atoms with Crippen molar-refractivity contribution < 1.29 is 4.79 Å². The second kappa shape index (κ2) is 7.50. The van der Waals surface area contributed by atoms with Crippen molar-refractivity contribution in [3.63, 3.8) is 0 Å². The molecule has 2 nitrogen and oxygen atoms in total. The van der Waals surface area contributed by atoms with Gasteiger partial charge in [-0.2, -0.15) is 5.26 Å². The van der Waals surface area contributed by atoms with E-state index in [2.05, 4.69) is 13.8 Å². The first-order valence-corrected chi connectivity index (χ1v) is 7.92. The molecule has 0 aliphatic carbocycles. The van der Waals surface area contributed by atoms with Gasteiger partial charge in [0.25, 0.3) is 0 Å². The molecule has 1 unspecified atom stereocenters. The molecule has 1 atom stereocenters. The van der Waals surface area contributed by atoms with E-state index >= 15 is 0 Å². The van der Waals surface area contributed by atoms with Crippen molar-refractivity contribution in [1.29, 1.82) is 5.26 Å². The maximum atomic E-state index is 12.3.